The summed E-state index contributed by atoms with van der Waals surface area (Å²) in [5, 5.41) is 9.41. The second-order valence-electron chi connectivity index (χ2n) is 4.76. The summed E-state index contributed by atoms with van der Waals surface area (Å²) < 4.78 is 38.2. The number of hydrogen-bond donors (Lipinski definition) is 1. The van der Waals surface area contributed by atoms with Crippen LogP contribution in [0.4, 0.5) is 18.9 Å². The number of hydrogen-bond acceptors (Lipinski definition) is 2. The van der Waals surface area contributed by atoms with E-state index >= 15 is 0 Å². The van der Waals surface area contributed by atoms with Crippen LogP contribution < -0.4 is 4.90 Å². The van der Waals surface area contributed by atoms with Crippen LogP contribution in [0.15, 0.2) is 18.2 Å². The van der Waals surface area contributed by atoms with Crippen molar-refractivity contribution < 1.29 is 18.3 Å². The fourth-order valence-corrected chi connectivity index (χ4v) is 2.57. The van der Waals surface area contributed by atoms with Crippen molar-refractivity contribution in [1.82, 2.24) is 0 Å². The van der Waals surface area contributed by atoms with E-state index in [1.807, 2.05) is 0 Å². The van der Waals surface area contributed by atoms with Crippen molar-refractivity contribution in [2.24, 2.45) is 5.92 Å². The molecule has 1 saturated heterocycles. The first kappa shape index (κ1) is 14.5. The number of benzene rings is 1. The van der Waals surface area contributed by atoms with Crippen LogP contribution in [0.25, 0.3) is 0 Å². The molecule has 19 heavy (non-hydrogen) atoms. The minimum absolute atomic E-state index is 0.0295. The number of piperidine rings is 1. The van der Waals surface area contributed by atoms with E-state index in [4.69, 9.17) is 16.7 Å². The Bertz CT molecular complexity index is 450. The van der Waals surface area contributed by atoms with Crippen LogP contribution in [0.1, 0.15) is 18.4 Å². The summed E-state index contributed by atoms with van der Waals surface area (Å²) in [6.45, 7) is 0.393. The van der Waals surface area contributed by atoms with Crippen LogP contribution in [0.5, 0.6) is 0 Å². The van der Waals surface area contributed by atoms with Gasteiger partial charge in [0.25, 0.3) is 0 Å². The van der Waals surface area contributed by atoms with Crippen molar-refractivity contribution in [1.29, 1.82) is 0 Å². The maximum absolute atomic E-state index is 12.7. The molecule has 0 aliphatic carbocycles. The van der Waals surface area contributed by atoms with Crippen molar-refractivity contribution in [3.8, 4) is 0 Å². The highest BCUT2D eigenvalue weighted by atomic mass is 35.5. The molecule has 1 unspecified atom stereocenters. The van der Waals surface area contributed by atoms with Crippen LogP contribution in [-0.2, 0) is 6.61 Å². The Hall–Kier alpha value is -0.940. The average molecular weight is 294 g/mol. The van der Waals surface area contributed by atoms with E-state index in [1.165, 1.54) is 0 Å². The van der Waals surface area contributed by atoms with E-state index in [-0.39, 0.29) is 19.6 Å². The number of aliphatic hydroxyl groups is 1. The molecule has 0 aromatic heterocycles. The molecule has 0 amide bonds. The first-order chi connectivity index (χ1) is 8.91. The molecule has 0 saturated carbocycles. The van der Waals surface area contributed by atoms with E-state index < -0.39 is 12.1 Å². The lowest BCUT2D eigenvalue weighted by atomic mass is 9.97. The predicted octanol–water partition coefficient (Wildman–Crippen LogP) is 3.61. The number of aliphatic hydroxyl groups excluding tert-OH is 1. The molecule has 2 nitrogen and oxygen atoms in total. The number of nitrogens with zero attached hydrogens (tertiary/aromatic N) is 1. The van der Waals surface area contributed by atoms with Gasteiger partial charge in [0, 0.05) is 23.8 Å². The van der Waals surface area contributed by atoms with Crippen molar-refractivity contribution in [2.45, 2.75) is 25.6 Å². The summed E-state index contributed by atoms with van der Waals surface area (Å²) >= 11 is 5.97. The maximum atomic E-state index is 12.7. The van der Waals surface area contributed by atoms with Gasteiger partial charge in [-0.1, -0.05) is 17.7 Å². The molecule has 1 aromatic rings. The van der Waals surface area contributed by atoms with Gasteiger partial charge in [-0.25, -0.2) is 0 Å². The van der Waals surface area contributed by atoms with Gasteiger partial charge in [-0.2, -0.15) is 13.2 Å². The van der Waals surface area contributed by atoms with Gasteiger partial charge in [-0.15, -0.1) is 0 Å². The number of halogens is 4. The molecule has 1 heterocycles. The molecule has 0 bridgehead atoms. The SMILES string of the molecule is OCc1ccc(N2CCCC(C(F)(F)F)C2)cc1Cl. The fraction of sp³-hybridized carbons (Fsp3) is 0.538. The highest BCUT2D eigenvalue weighted by Gasteiger charge is 2.41. The number of anilines is 1. The molecule has 106 valence electrons. The van der Waals surface area contributed by atoms with Gasteiger partial charge in [0.2, 0.25) is 0 Å². The molecule has 1 aromatic carbocycles. The molecule has 1 fully saturated rings. The van der Waals surface area contributed by atoms with E-state index in [9.17, 15) is 13.2 Å². The maximum Gasteiger partial charge on any atom is 0.393 e. The van der Waals surface area contributed by atoms with Gasteiger partial charge in [0.15, 0.2) is 0 Å². The molecule has 1 atom stereocenters. The summed E-state index contributed by atoms with van der Waals surface area (Å²) in [7, 11) is 0. The Balaban J connectivity index is 2.15. The van der Waals surface area contributed by atoms with Crippen LogP contribution >= 0.6 is 11.6 Å². The smallest absolute Gasteiger partial charge is 0.392 e. The van der Waals surface area contributed by atoms with E-state index in [0.29, 0.717) is 29.2 Å². The highest BCUT2D eigenvalue weighted by molar-refractivity contribution is 6.31. The second kappa shape index (κ2) is 5.59. The second-order valence-corrected chi connectivity index (χ2v) is 5.17. The highest BCUT2D eigenvalue weighted by Crippen LogP contribution is 2.35. The topological polar surface area (TPSA) is 23.5 Å². The molecular formula is C13H15ClF3NO. The van der Waals surface area contributed by atoms with Crippen LogP contribution in [0, 0.1) is 5.92 Å². The summed E-state index contributed by atoms with van der Waals surface area (Å²) in [4.78, 5) is 1.70. The van der Waals surface area contributed by atoms with Crippen molar-refractivity contribution in [3.05, 3.63) is 28.8 Å². The van der Waals surface area contributed by atoms with Gasteiger partial charge >= 0.3 is 6.18 Å². The first-order valence-corrected chi connectivity index (χ1v) is 6.50. The van der Waals surface area contributed by atoms with Crippen molar-refractivity contribution in [2.75, 3.05) is 18.0 Å². The van der Waals surface area contributed by atoms with Gasteiger partial charge in [-0.05, 0) is 30.5 Å². The Labute approximate surface area is 114 Å². The quantitative estimate of drug-likeness (QED) is 0.900. The summed E-state index contributed by atoms with van der Waals surface area (Å²) in [5.74, 6) is -1.28. The standard InChI is InChI=1S/C13H15ClF3NO/c14-12-6-11(4-3-9(12)8-19)18-5-1-2-10(7-18)13(15,16)17/h3-4,6,10,19H,1-2,5,7-8H2. The van der Waals surface area contributed by atoms with E-state index in [2.05, 4.69) is 0 Å². The molecule has 0 radical (unpaired) electrons. The number of alkyl halides is 3. The third kappa shape index (κ3) is 3.34. The van der Waals surface area contributed by atoms with Gasteiger partial charge in [0.05, 0.1) is 12.5 Å². The fourth-order valence-electron chi connectivity index (χ4n) is 2.34. The average Bonchev–Trinajstić information content (AvgIpc) is 2.38. The Morgan fingerprint density at radius 1 is 1.37 bits per heavy atom. The molecule has 1 aliphatic heterocycles. The van der Waals surface area contributed by atoms with Crippen LogP contribution in [0.2, 0.25) is 5.02 Å². The molecule has 6 heteroatoms. The number of rotatable bonds is 2. The predicted molar refractivity (Wildman–Crippen MR) is 68.4 cm³/mol. The monoisotopic (exact) mass is 293 g/mol. The summed E-state index contributed by atoms with van der Waals surface area (Å²) in [6.07, 6.45) is -3.44. The third-order valence-electron chi connectivity index (χ3n) is 3.46. The molecule has 2 rings (SSSR count). The Morgan fingerprint density at radius 2 is 2.11 bits per heavy atom. The largest absolute Gasteiger partial charge is 0.393 e. The van der Waals surface area contributed by atoms with Gasteiger partial charge in [-0.3, -0.25) is 0 Å². The zero-order valence-corrected chi connectivity index (χ0v) is 11.0. The van der Waals surface area contributed by atoms with E-state index in [0.717, 1.165) is 0 Å². The lowest BCUT2D eigenvalue weighted by Gasteiger charge is -2.35. The van der Waals surface area contributed by atoms with Crippen molar-refractivity contribution in [3.63, 3.8) is 0 Å². The normalized spacial score (nSPS) is 20.7. The van der Waals surface area contributed by atoms with Crippen LogP contribution in [-0.4, -0.2) is 24.4 Å². The Kier molecular flexibility index (Phi) is 4.26. The minimum atomic E-state index is -4.15. The van der Waals surface area contributed by atoms with E-state index in [1.54, 1.807) is 23.1 Å². The van der Waals surface area contributed by atoms with Gasteiger partial charge in [0.1, 0.15) is 0 Å². The van der Waals surface area contributed by atoms with Crippen molar-refractivity contribution >= 4 is 17.3 Å². The summed E-state index contributed by atoms with van der Waals surface area (Å²) in [6, 6.07) is 4.97. The lowest BCUT2D eigenvalue weighted by molar-refractivity contribution is -0.175. The zero-order valence-electron chi connectivity index (χ0n) is 10.3. The first-order valence-electron chi connectivity index (χ1n) is 6.12. The van der Waals surface area contributed by atoms with Gasteiger partial charge < -0.3 is 10.0 Å². The Morgan fingerprint density at radius 3 is 2.68 bits per heavy atom. The molecule has 1 N–H and O–H groups in total. The molecule has 0 spiro atoms. The summed E-state index contributed by atoms with van der Waals surface area (Å²) in [5.41, 5.74) is 1.26. The minimum Gasteiger partial charge on any atom is -0.392 e. The third-order valence-corrected chi connectivity index (χ3v) is 3.81. The zero-order chi connectivity index (χ0) is 14.0. The molecule has 1 aliphatic rings. The van der Waals surface area contributed by atoms with Crippen LogP contribution in [0.3, 0.4) is 0 Å². The lowest BCUT2D eigenvalue weighted by Crippen LogP contribution is -2.41. The molecular weight excluding hydrogens is 279 g/mol.